The molecule has 0 fully saturated rings. The molecule has 1 aromatic heterocycles. The maximum absolute atomic E-state index is 13.1. The quantitative estimate of drug-likeness (QED) is 0.493. The van der Waals surface area contributed by atoms with Gasteiger partial charge in [-0.3, -0.25) is 4.68 Å². The molecule has 0 spiro atoms. The average molecular weight is 428 g/mol. The van der Waals surface area contributed by atoms with E-state index in [9.17, 15) is 8.42 Å². The Bertz CT molecular complexity index is 1300. The van der Waals surface area contributed by atoms with Crippen LogP contribution in [0, 0.1) is 0 Å². The van der Waals surface area contributed by atoms with Gasteiger partial charge in [0.05, 0.1) is 10.4 Å². The van der Waals surface area contributed by atoms with E-state index < -0.39 is 10.0 Å². The predicted octanol–water partition coefficient (Wildman–Crippen LogP) is 4.48. The molecule has 4 rings (SSSR count). The number of nitrogens with one attached hydrogen (secondary N) is 1. The monoisotopic (exact) mass is 427 g/mol. The fourth-order valence-electron chi connectivity index (χ4n) is 3.44. The highest BCUT2D eigenvalue weighted by Gasteiger charge is 2.17. The Hall–Kier alpha value is -2.54. The maximum atomic E-state index is 13.1. The van der Waals surface area contributed by atoms with E-state index in [1.165, 1.54) is 0 Å². The number of halogens is 1. The first-order valence-corrected chi connectivity index (χ1v) is 11.2. The topological polar surface area (TPSA) is 54.3 Å². The molecule has 0 amide bonds. The molecule has 4 aromatic rings. The van der Waals surface area contributed by atoms with E-state index in [2.05, 4.69) is 9.73 Å². The second kappa shape index (κ2) is 7.71. The average Bonchev–Trinajstić information content (AvgIpc) is 3.03. The number of rotatable bonds is 6. The van der Waals surface area contributed by atoms with E-state index in [1.807, 2.05) is 56.7 Å². The normalized spacial score (nSPS) is 12.1. The van der Waals surface area contributed by atoms with Gasteiger partial charge in [-0.05, 0) is 55.7 Å². The summed E-state index contributed by atoms with van der Waals surface area (Å²) in [6.45, 7) is 0.881. The van der Waals surface area contributed by atoms with E-state index in [1.54, 1.807) is 28.9 Å². The van der Waals surface area contributed by atoms with Crippen LogP contribution in [-0.4, -0.2) is 38.6 Å². The number of likely N-dealkylation sites (N-methyl/N-ethyl adjacent to an activating group) is 1. The molecule has 3 aromatic carbocycles. The Labute approximate surface area is 175 Å². The van der Waals surface area contributed by atoms with Crippen LogP contribution in [0.15, 0.2) is 71.8 Å². The van der Waals surface area contributed by atoms with Crippen LogP contribution in [0.1, 0.15) is 5.56 Å². The first-order chi connectivity index (χ1) is 13.8. The molecule has 0 radical (unpaired) electrons. The summed E-state index contributed by atoms with van der Waals surface area (Å²) in [5.41, 5.74) is 1.93. The fourth-order valence-corrected chi connectivity index (χ4v) is 4.73. The largest absolute Gasteiger partial charge is 0.309 e. The number of para-hydroxylation sites is 1. The zero-order chi connectivity index (χ0) is 20.6. The summed E-state index contributed by atoms with van der Waals surface area (Å²) in [4.78, 5) is 5.01. The lowest BCUT2D eigenvalue weighted by Crippen LogP contribution is -2.22. The molecule has 0 unspecified atom stereocenters. The van der Waals surface area contributed by atoms with Gasteiger partial charge in [0.1, 0.15) is 0 Å². The molecule has 0 atom stereocenters. The first kappa shape index (κ1) is 19.8. The lowest BCUT2D eigenvalue weighted by molar-refractivity contribution is 0.414. The molecule has 0 saturated carbocycles. The molecule has 0 bridgehead atoms. The fraction of sp³-hybridized carbons (Fsp3) is 0.182. The van der Waals surface area contributed by atoms with Gasteiger partial charge in [-0.1, -0.05) is 48.0 Å². The maximum Gasteiger partial charge on any atom is 0.275 e. The van der Waals surface area contributed by atoms with Gasteiger partial charge < -0.3 is 4.90 Å². The molecule has 5 nitrogen and oxygen atoms in total. The molecular formula is C22H22ClN3O2S. The molecule has 0 saturated heterocycles. The standard InChI is InChI=1S/C22H22ClN3O2S/c1-25(2)13-12-17-15-26(22-9-4-3-7-20(17)22)24-29(27,28)18-10-11-19-16(14-18)6-5-8-21(19)23/h3-11,14-15,24H,12-13H2,1-2H3. The summed E-state index contributed by atoms with van der Waals surface area (Å²) in [5, 5.41) is 3.25. The van der Waals surface area contributed by atoms with Crippen molar-refractivity contribution >= 4 is 43.3 Å². The molecule has 7 heteroatoms. The summed E-state index contributed by atoms with van der Waals surface area (Å²) in [5.74, 6) is 0. The highest BCUT2D eigenvalue weighted by Crippen LogP contribution is 2.27. The third-order valence-corrected chi connectivity index (χ3v) is 6.59. The molecule has 1 N–H and O–H groups in total. The predicted molar refractivity (Wildman–Crippen MR) is 120 cm³/mol. The number of hydrogen-bond donors (Lipinski definition) is 1. The van der Waals surface area contributed by atoms with Crippen molar-refractivity contribution < 1.29 is 8.42 Å². The smallest absolute Gasteiger partial charge is 0.275 e. The van der Waals surface area contributed by atoms with Crippen molar-refractivity contribution in [3.63, 3.8) is 0 Å². The summed E-state index contributed by atoms with van der Waals surface area (Å²) >= 11 is 6.20. The van der Waals surface area contributed by atoms with Gasteiger partial charge in [-0.15, -0.1) is 0 Å². The Morgan fingerprint density at radius 2 is 1.79 bits per heavy atom. The van der Waals surface area contributed by atoms with Crippen molar-refractivity contribution in [1.82, 2.24) is 9.58 Å². The molecule has 1 heterocycles. The molecule has 0 aliphatic heterocycles. The van der Waals surface area contributed by atoms with Crippen LogP contribution in [0.5, 0.6) is 0 Å². The minimum atomic E-state index is -3.77. The van der Waals surface area contributed by atoms with E-state index in [0.717, 1.165) is 40.2 Å². The van der Waals surface area contributed by atoms with E-state index >= 15 is 0 Å². The van der Waals surface area contributed by atoms with Gasteiger partial charge in [0, 0.05) is 28.5 Å². The van der Waals surface area contributed by atoms with Crippen LogP contribution in [0.3, 0.4) is 0 Å². The zero-order valence-electron chi connectivity index (χ0n) is 16.3. The van der Waals surface area contributed by atoms with Gasteiger partial charge in [0.25, 0.3) is 10.0 Å². The zero-order valence-corrected chi connectivity index (χ0v) is 17.8. The van der Waals surface area contributed by atoms with E-state index in [0.29, 0.717) is 5.02 Å². The summed E-state index contributed by atoms with van der Waals surface area (Å²) < 4.78 is 27.7. The lowest BCUT2D eigenvalue weighted by Gasteiger charge is -2.11. The number of sulfonamides is 1. The van der Waals surface area contributed by atoms with Crippen LogP contribution in [0.2, 0.25) is 5.02 Å². The number of hydrogen-bond acceptors (Lipinski definition) is 3. The van der Waals surface area contributed by atoms with Crippen LogP contribution >= 0.6 is 11.6 Å². The molecule has 0 aliphatic rings. The molecule has 0 aliphatic carbocycles. The van der Waals surface area contributed by atoms with Gasteiger partial charge in [0.2, 0.25) is 0 Å². The Morgan fingerprint density at radius 3 is 2.59 bits per heavy atom. The summed E-state index contributed by atoms with van der Waals surface area (Å²) in [6, 6.07) is 18.2. The molecule has 150 valence electrons. The van der Waals surface area contributed by atoms with Crippen LogP contribution < -0.4 is 4.83 Å². The SMILES string of the molecule is CN(C)CCc1cn(NS(=O)(=O)c2ccc3c(Cl)cccc3c2)c2ccccc12. The highest BCUT2D eigenvalue weighted by molar-refractivity contribution is 7.92. The Kier molecular flexibility index (Phi) is 5.25. The van der Waals surface area contributed by atoms with E-state index in [4.69, 9.17) is 11.6 Å². The first-order valence-electron chi connectivity index (χ1n) is 9.30. The number of fused-ring (bicyclic) bond motifs is 2. The van der Waals surface area contributed by atoms with Gasteiger partial charge >= 0.3 is 0 Å². The third kappa shape index (κ3) is 3.96. The molecule has 29 heavy (non-hydrogen) atoms. The minimum absolute atomic E-state index is 0.194. The number of aromatic nitrogens is 1. The number of benzene rings is 3. The third-order valence-electron chi connectivity index (χ3n) is 4.95. The van der Waals surface area contributed by atoms with Crippen molar-refractivity contribution in [1.29, 1.82) is 0 Å². The Morgan fingerprint density at radius 1 is 1.00 bits per heavy atom. The Balaban J connectivity index is 1.72. The summed E-state index contributed by atoms with van der Waals surface area (Å²) in [6.07, 6.45) is 2.69. The van der Waals surface area contributed by atoms with Crippen molar-refractivity contribution in [2.75, 3.05) is 25.5 Å². The van der Waals surface area contributed by atoms with Gasteiger partial charge in [-0.2, -0.15) is 8.42 Å². The van der Waals surface area contributed by atoms with Crippen molar-refractivity contribution in [2.24, 2.45) is 0 Å². The molecular weight excluding hydrogens is 406 g/mol. The minimum Gasteiger partial charge on any atom is -0.309 e. The summed E-state index contributed by atoms with van der Waals surface area (Å²) in [7, 11) is 0.276. The van der Waals surface area contributed by atoms with Gasteiger partial charge in [0.15, 0.2) is 0 Å². The van der Waals surface area contributed by atoms with Gasteiger partial charge in [-0.25, -0.2) is 4.83 Å². The van der Waals surface area contributed by atoms with Crippen molar-refractivity contribution in [3.05, 3.63) is 77.4 Å². The van der Waals surface area contributed by atoms with Crippen molar-refractivity contribution in [2.45, 2.75) is 11.3 Å². The lowest BCUT2D eigenvalue weighted by atomic mass is 10.1. The van der Waals surface area contributed by atoms with E-state index in [-0.39, 0.29) is 4.90 Å². The second-order valence-corrected chi connectivity index (χ2v) is 9.38. The highest BCUT2D eigenvalue weighted by atomic mass is 35.5. The number of nitrogens with zero attached hydrogens (tertiary/aromatic N) is 2. The van der Waals surface area contributed by atoms with Crippen molar-refractivity contribution in [3.8, 4) is 0 Å². The van der Waals surface area contributed by atoms with Crippen LogP contribution in [-0.2, 0) is 16.4 Å². The second-order valence-electron chi connectivity index (χ2n) is 7.31. The van der Waals surface area contributed by atoms with Crippen LogP contribution in [0.4, 0.5) is 0 Å². The van der Waals surface area contributed by atoms with Crippen LogP contribution in [0.25, 0.3) is 21.7 Å².